The number of hydrogen-bond donors (Lipinski definition) is 2. The van der Waals surface area contributed by atoms with Crippen LogP contribution in [0.5, 0.6) is 0 Å². The lowest BCUT2D eigenvalue weighted by Gasteiger charge is -2.09. The molecule has 0 aliphatic rings. The van der Waals surface area contributed by atoms with Gasteiger partial charge in [0.1, 0.15) is 0 Å². The largest absolute Gasteiger partial charge is 0.397 e. The summed E-state index contributed by atoms with van der Waals surface area (Å²) in [5.74, 6) is 0. The van der Waals surface area contributed by atoms with Gasteiger partial charge in [-0.3, -0.25) is 0 Å². The van der Waals surface area contributed by atoms with Crippen molar-refractivity contribution in [3.05, 3.63) is 33.8 Å². The Hall–Kier alpha value is -0.860. The number of hydrogen-bond acceptors (Lipinski definition) is 2. The quantitative estimate of drug-likeness (QED) is 0.625. The van der Waals surface area contributed by atoms with Crippen molar-refractivity contribution in [1.29, 1.82) is 0 Å². The van der Waals surface area contributed by atoms with Gasteiger partial charge in [0.25, 0.3) is 0 Å². The van der Waals surface area contributed by atoms with E-state index in [1.165, 1.54) is 5.57 Å². The Morgan fingerprint density at radius 1 is 1.33 bits per heavy atom. The lowest BCUT2D eigenvalue weighted by atomic mass is 10.2. The number of anilines is 2. The van der Waals surface area contributed by atoms with Crippen molar-refractivity contribution in [2.45, 2.75) is 13.8 Å². The molecule has 3 N–H and O–H groups in total. The SMILES string of the molecule is CC(C)=CCNc1cc(Cl)c(Cl)cc1N. The second-order valence-corrected chi connectivity index (χ2v) is 4.33. The van der Waals surface area contributed by atoms with Crippen molar-refractivity contribution in [3.8, 4) is 0 Å². The van der Waals surface area contributed by atoms with E-state index < -0.39 is 0 Å². The van der Waals surface area contributed by atoms with Crippen molar-refractivity contribution in [3.63, 3.8) is 0 Å². The van der Waals surface area contributed by atoms with E-state index in [-0.39, 0.29) is 0 Å². The van der Waals surface area contributed by atoms with Crippen LogP contribution in [-0.2, 0) is 0 Å². The Morgan fingerprint density at radius 2 is 1.93 bits per heavy atom. The highest BCUT2D eigenvalue weighted by molar-refractivity contribution is 6.42. The Morgan fingerprint density at radius 3 is 2.53 bits per heavy atom. The van der Waals surface area contributed by atoms with Crippen LogP contribution in [0.3, 0.4) is 0 Å². The molecule has 0 unspecified atom stereocenters. The average Bonchev–Trinajstić information content (AvgIpc) is 2.13. The molecule has 82 valence electrons. The van der Waals surface area contributed by atoms with Crippen LogP contribution in [0, 0.1) is 0 Å². The Kier molecular flexibility index (Phi) is 4.30. The third-order valence-corrected chi connectivity index (χ3v) is 2.62. The molecule has 0 amide bonds. The predicted octanol–water partition coefficient (Wildman–Crippen LogP) is 3.95. The first-order chi connectivity index (χ1) is 7.00. The first kappa shape index (κ1) is 12.2. The summed E-state index contributed by atoms with van der Waals surface area (Å²) in [6.45, 7) is 4.81. The molecule has 0 saturated carbocycles. The zero-order valence-corrected chi connectivity index (χ0v) is 10.3. The fourth-order valence-corrected chi connectivity index (χ4v) is 1.42. The number of nitrogen functional groups attached to an aromatic ring is 1. The van der Waals surface area contributed by atoms with Crippen molar-refractivity contribution in [1.82, 2.24) is 0 Å². The molecule has 0 atom stereocenters. The summed E-state index contributed by atoms with van der Waals surface area (Å²) in [5.41, 5.74) is 8.44. The van der Waals surface area contributed by atoms with Crippen molar-refractivity contribution in [2.75, 3.05) is 17.6 Å². The van der Waals surface area contributed by atoms with Gasteiger partial charge in [-0.1, -0.05) is 34.9 Å². The van der Waals surface area contributed by atoms with Gasteiger partial charge >= 0.3 is 0 Å². The van der Waals surface area contributed by atoms with E-state index >= 15 is 0 Å². The average molecular weight is 245 g/mol. The normalized spacial score (nSPS) is 9.87. The van der Waals surface area contributed by atoms with E-state index in [9.17, 15) is 0 Å². The Labute approximate surface area is 100 Å². The molecule has 15 heavy (non-hydrogen) atoms. The van der Waals surface area contributed by atoms with E-state index in [4.69, 9.17) is 28.9 Å². The van der Waals surface area contributed by atoms with E-state index in [1.807, 2.05) is 13.8 Å². The van der Waals surface area contributed by atoms with Crippen LogP contribution >= 0.6 is 23.2 Å². The minimum Gasteiger partial charge on any atom is -0.397 e. The first-order valence-corrected chi connectivity index (χ1v) is 5.38. The third kappa shape index (κ3) is 3.65. The minimum atomic E-state index is 0.474. The van der Waals surface area contributed by atoms with Gasteiger partial charge in [-0.25, -0.2) is 0 Å². The molecule has 1 aromatic carbocycles. The van der Waals surface area contributed by atoms with Gasteiger partial charge in [0, 0.05) is 6.54 Å². The van der Waals surface area contributed by atoms with E-state index in [2.05, 4.69) is 11.4 Å². The standard InChI is InChI=1S/C11H14Cl2N2/c1-7(2)3-4-15-11-6-9(13)8(12)5-10(11)14/h3,5-6,15H,4,14H2,1-2H3. The molecule has 0 aliphatic carbocycles. The summed E-state index contributed by atoms with van der Waals surface area (Å²) >= 11 is 11.7. The highest BCUT2D eigenvalue weighted by atomic mass is 35.5. The summed E-state index contributed by atoms with van der Waals surface area (Å²) in [6, 6.07) is 3.38. The monoisotopic (exact) mass is 244 g/mol. The van der Waals surface area contributed by atoms with Gasteiger partial charge in [0.15, 0.2) is 0 Å². The Balaban J connectivity index is 2.77. The molecular formula is C11H14Cl2N2. The summed E-state index contributed by atoms with van der Waals surface area (Å²) in [7, 11) is 0. The van der Waals surface area contributed by atoms with Crippen LogP contribution in [0.1, 0.15) is 13.8 Å². The van der Waals surface area contributed by atoms with Crippen molar-refractivity contribution < 1.29 is 0 Å². The third-order valence-electron chi connectivity index (χ3n) is 1.90. The van der Waals surface area contributed by atoms with E-state index in [0.29, 0.717) is 15.7 Å². The fourth-order valence-electron chi connectivity index (χ4n) is 1.08. The second kappa shape index (κ2) is 5.29. The van der Waals surface area contributed by atoms with Gasteiger partial charge in [-0.15, -0.1) is 0 Å². The predicted molar refractivity (Wildman–Crippen MR) is 68.8 cm³/mol. The molecule has 1 rings (SSSR count). The highest BCUT2D eigenvalue weighted by Gasteiger charge is 2.03. The summed E-state index contributed by atoms with van der Waals surface area (Å²) in [4.78, 5) is 0. The topological polar surface area (TPSA) is 38.0 Å². The number of nitrogens with one attached hydrogen (secondary N) is 1. The number of halogens is 2. The molecule has 4 heteroatoms. The van der Waals surface area contributed by atoms with Gasteiger partial charge in [-0.05, 0) is 26.0 Å². The van der Waals surface area contributed by atoms with Gasteiger partial charge in [0.05, 0.1) is 21.4 Å². The van der Waals surface area contributed by atoms with E-state index in [1.54, 1.807) is 12.1 Å². The molecule has 0 heterocycles. The maximum Gasteiger partial charge on any atom is 0.0614 e. The van der Waals surface area contributed by atoms with Crippen LogP contribution in [0.4, 0.5) is 11.4 Å². The van der Waals surface area contributed by atoms with Crippen LogP contribution in [0.2, 0.25) is 10.0 Å². The molecule has 0 aromatic heterocycles. The van der Waals surface area contributed by atoms with E-state index in [0.717, 1.165) is 12.2 Å². The van der Waals surface area contributed by atoms with Crippen molar-refractivity contribution >= 4 is 34.6 Å². The second-order valence-electron chi connectivity index (χ2n) is 3.52. The van der Waals surface area contributed by atoms with Gasteiger partial charge in [0.2, 0.25) is 0 Å². The summed E-state index contributed by atoms with van der Waals surface area (Å²) in [6.07, 6.45) is 2.07. The lowest BCUT2D eigenvalue weighted by Crippen LogP contribution is -2.02. The molecule has 0 radical (unpaired) electrons. The van der Waals surface area contributed by atoms with Crippen LogP contribution in [-0.4, -0.2) is 6.54 Å². The highest BCUT2D eigenvalue weighted by Crippen LogP contribution is 2.30. The molecule has 0 saturated heterocycles. The molecule has 2 nitrogen and oxygen atoms in total. The van der Waals surface area contributed by atoms with Crippen molar-refractivity contribution in [2.24, 2.45) is 0 Å². The van der Waals surface area contributed by atoms with Crippen LogP contribution in [0.15, 0.2) is 23.8 Å². The molecule has 0 fully saturated rings. The maximum absolute atomic E-state index is 5.88. The summed E-state index contributed by atoms with van der Waals surface area (Å²) in [5, 5.41) is 4.15. The Bertz CT molecular complexity index is 382. The van der Waals surface area contributed by atoms with Gasteiger partial charge < -0.3 is 11.1 Å². The zero-order chi connectivity index (χ0) is 11.4. The number of allylic oxidation sites excluding steroid dienone is 1. The molecular weight excluding hydrogens is 231 g/mol. The lowest BCUT2D eigenvalue weighted by molar-refractivity contribution is 1.26. The number of benzene rings is 1. The first-order valence-electron chi connectivity index (χ1n) is 4.62. The number of nitrogens with two attached hydrogens (primary N) is 1. The van der Waals surface area contributed by atoms with Crippen LogP contribution in [0.25, 0.3) is 0 Å². The molecule has 1 aromatic rings. The summed E-state index contributed by atoms with van der Waals surface area (Å²) < 4.78 is 0. The molecule has 0 bridgehead atoms. The van der Waals surface area contributed by atoms with Gasteiger partial charge in [-0.2, -0.15) is 0 Å². The smallest absolute Gasteiger partial charge is 0.0614 e. The molecule has 0 aliphatic heterocycles. The van der Waals surface area contributed by atoms with Crippen LogP contribution < -0.4 is 11.1 Å². The maximum atomic E-state index is 5.88. The fraction of sp³-hybridized carbons (Fsp3) is 0.273. The zero-order valence-electron chi connectivity index (χ0n) is 8.77. The molecule has 0 spiro atoms. The minimum absolute atomic E-state index is 0.474. The number of rotatable bonds is 3.